The number of piperazine rings is 1. The van der Waals surface area contributed by atoms with Crippen molar-refractivity contribution in [3.63, 3.8) is 0 Å². The number of H-pyrrole nitrogens is 1. The van der Waals surface area contributed by atoms with Crippen LogP contribution in [0.5, 0.6) is 0 Å². The summed E-state index contributed by atoms with van der Waals surface area (Å²) in [6.07, 6.45) is 3.09. The number of aromatic nitrogens is 4. The van der Waals surface area contributed by atoms with E-state index in [1.165, 1.54) is 0 Å². The van der Waals surface area contributed by atoms with Crippen molar-refractivity contribution in [2.75, 3.05) is 26.2 Å². The number of nitrogens with one attached hydrogen (secondary N) is 1. The molecular weight excluding hydrogens is 312 g/mol. The van der Waals surface area contributed by atoms with Gasteiger partial charge in [-0.05, 0) is 20.8 Å². The average Bonchev–Trinajstić information content (AvgIpc) is 3.16. The van der Waals surface area contributed by atoms with E-state index in [0.29, 0.717) is 37.2 Å². The lowest BCUT2D eigenvalue weighted by molar-refractivity contribution is 0.0132. The minimum atomic E-state index is -0.472. The molecule has 0 unspecified atom stereocenters. The highest BCUT2D eigenvalue weighted by Gasteiger charge is 2.26. The van der Waals surface area contributed by atoms with E-state index in [9.17, 15) is 4.79 Å². The third-order valence-electron chi connectivity index (χ3n) is 3.56. The lowest BCUT2D eigenvalue weighted by Gasteiger charge is -2.34. The monoisotopic (exact) mass is 334 g/mol. The summed E-state index contributed by atoms with van der Waals surface area (Å²) in [4.78, 5) is 27.3. The molecule has 1 fully saturated rings. The fraction of sp³-hybridized carbons (Fsp3) is 0.600. The number of hydrogen-bond acceptors (Lipinski definition) is 7. The van der Waals surface area contributed by atoms with Crippen LogP contribution in [0.2, 0.25) is 0 Å². The van der Waals surface area contributed by atoms with Crippen LogP contribution in [0, 0.1) is 0 Å². The molecule has 3 heterocycles. The highest BCUT2D eigenvalue weighted by Crippen LogP contribution is 2.14. The van der Waals surface area contributed by atoms with Crippen molar-refractivity contribution in [2.45, 2.75) is 32.9 Å². The second-order valence-electron chi connectivity index (χ2n) is 6.69. The summed E-state index contributed by atoms with van der Waals surface area (Å²) < 4.78 is 10.7. The molecule has 9 heteroatoms. The smallest absolute Gasteiger partial charge is 0.410 e. The van der Waals surface area contributed by atoms with Crippen molar-refractivity contribution in [3.05, 3.63) is 18.3 Å². The lowest BCUT2D eigenvalue weighted by Crippen LogP contribution is -2.49. The molecule has 1 N–H and O–H groups in total. The van der Waals surface area contributed by atoms with Crippen molar-refractivity contribution in [1.82, 2.24) is 29.9 Å². The highest BCUT2D eigenvalue weighted by molar-refractivity contribution is 5.68. The first kappa shape index (κ1) is 16.4. The largest absolute Gasteiger partial charge is 0.444 e. The Bertz CT molecular complexity index is 668. The molecule has 130 valence electrons. The Morgan fingerprint density at radius 3 is 2.71 bits per heavy atom. The number of carbonyl (C=O) groups is 1. The Labute approximate surface area is 140 Å². The molecule has 0 saturated carbocycles. The quantitative estimate of drug-likeness (QED) is 0.908. The maximum absolute atomic E-state index is 12.0. The molecule has 0 radical (unpaired) electrons. The number of carbonyl (C=O) groups excluding carboxylic acids is 1. The van der Waals surface area contributed by atoms with E-state index in [4.69, 9.17) is 9.26 Å². The van der Waals surface area contributed by atoms with Crippen LogP contribution in [0.25, 0.3) is 11.6 Å². The van der Waals surface area contributed by atoms with Crippen LogP contribution in [-0.2, 0) is 11.3 Å². The molecule has 0 aromatic carbocycles. The molecule has 0 atom stereocenters. The first-order valence-electron chi connectivity index (χ1n) is 7.93. The first-order valence-corrected chi connectivity index (χ1v) is 7.93. The van der Waals surface area contributed by atoms with Crippen molar-refractivity contribution in [1.29, 1.82) is 0 Å². The van der Waals surface area contributed by atoms with Crippen LogP contribution in [-0.4, -0.2) is 67.8 Å². The summed E-state index contributed by atoms with van der Waals surface area (Å²) in [7, 11) is 0. The van der Waals surface area contributed by atoms with Crippen LogP contribution in [0.15, 0.2) is 16.9 Å². The van der Waals surface area contributed by atoms with Crippen molar-refractivity contribution < 1.29 is 14.1 Å². The highest BCUT2D eigenvalue weighted by atomic mass is 16.6. The maximum Gasteiger partial charge on any atom is 0.410 e. The number of hydrogen-bond donors (Lipinski definition) is 1. The average molecular weight is 334 g/mol. The predicted octanol–water partition coefficient (Wildman–Crippen LogP) is 1.51. The number of amides is 1. The van der Waals surface area contributed by atoms with Gasteiger partial charge in [-0.3, -0.25) is 4.90 Å². The summed E-state index contributed by atoms with van der Waals surface area (Å²) in [5.74, 6) is 1.56. The Morgan fingerprint density at radius 2 is 2.08 bits per heavy atom. The fourth-order valence-corrected chi connectivity index (χ4v) is 2.41. The van der Waals surface area contributed by atoms with Crippen LogP contribution in [0.3, 0.4) is 0 Å². The number of imidazole rings is 1. The maximum atomic E-state index is 12.0. The van der Waals surface area contributed by atoms with E-state index < -0.39 is 5.60 Å². The van der Waals surface area contributed by atoms with Gasteiger partial charge >= 0.3 is 6.09 Å². The summed E-state index contributed by atoms with van der Waals surface area (Å²) >= 11 is 0. The van der Waals surface area contributed by atoms with Gasteiger partial charge in [0.25, 0.3) is 0 Å². The van der Waals surface area contributed by atoms with Crippen LogP contribution >= 0.6 is 0 Å². The Kier molecular flexibility index (Phi) is 4.52. The van der Waals surface area contributed by atoms with Gasteiger partial charge in [0.2, 0.25) is 11.7 Å². The molecule has 0 spiro atoms. The van der Waals surface area contributed by atoms with Gasteiger partial charge in [-0.2, -0.15) is 4.98 Å². The van der Waals surface area contributed by atoms with Crippen molar-refractivity contribution in [3.8, 4) is 11.6 Å². The summed E-state index contributed by atoms with van der Waals surface area (Å²) in [6, 6.07) is 0. The van der Waals surface area contributed by atoms with Crippen molar-refractivity contribution >= 4 is 6.09 Å². The van der Waals surface area contributed by atoms with E-state index in [0.717, 1.165) is 13.1 Å². The third kappa shape index (κ3) is 4.10. The van der Waals surface area contributed by atoms with Gasteiger partial charge in [0.1, 0.15) is 5.60 Å². The molecule has 2 aromatic rings. The molecule has 0 bridgehead atoms. The first-order chi connectivity index (χ1) is 11.4. The number of rotatable bonds is 3. The summed E-state index contributed by atoms with van der Waals surface area (Å²) in [5, 5.41) is 3.92. The standard InChI is InChI=1S/C15H22N6O3/c1-15(2,3)23-14(22)21-8-6-20(7-9-21)10-11-18-13(19-24-11)12-16-4-5-17-12/h4-5H,6-10H2,1-3H3,(H,16,17). The zero-order valence-corrected chi connectivity index (χ0v) is 14.2. The minimum Gasteiger partial charge on any atom is -0.444 e. The van der Waals surface area contributed by atoms with Gasteiger partial charge in [0, 0.05) is 38.6 Å². The SMILES string of the molecule is CC(C)(C)OC(=O)N1CCN(Cc2nc(-c3ncc[nH]3)no2)CC1. The van der Waals surface area contributed by atoms with Gasteiger partial charge in [-0.1, -0.05) is 5.16 Å². The second-order valence-corrected chi connectivity index (χ2v) is 6.69. The van der Waals surface area contributed by atoms with Gasteiger partial charge < -0.3 is 19.1 Å². The molecule has 1 aliphatic rings. The van der Waals surface area contributed by atoms with Crippen LogP contribution in [0.4, 0.5) is 4.79 Å². The fourth-order valence-electron chi connectivity index (χ4n) is 2.41. The van der Waals surface area contributed by atoms with E-state index in [1.54, 1.807) is 17.3 Å². The molecule has 3 rings (SSSR count). The Morgan fingerprint density at radius 1 is 1.33 bits per heavy atom. The van der Waals surface area contributed by atoms with Crippen molar-refractivity contribution in [2.24, 2.45) is 0 Å². The molecular formula is C15H22N6O3. The van der Waals surface area contributed by atoms with Gasteiger partial charge in [-0.15, -0.1) is 0 Å². The topological polar surface area (TPSA) is 100 Å². The molecule has 1 aliphatic heterocycles. The predicted molar refractivity (Wildman–Crippen MR) is 85.0 cm³/mol. The van der Waals surface area contributed by atoms with Crippen LogP contribution < -0.4 is 0 Å². The number of aromatic amines is 1. The molecule has 0 aliphatic carbocycles. The van der Waals surface area contributed by atoms with Gasteiger partial charge in [0.15, 0.2) is 5.82 Å². The number of ether oxygens (including phenoxy) is 1. The zero-order chi connectivity index (χ0) is 17.2. The zero-order valence-electron chi connectivity index (χ0n) is 14.2. The molecule has 2 aromatic heterocycles. The lowest BCUT2D eigenvalue weighted by atomic mass is 10.2. The minimum absolute atomic E-state index is 0.264. The summed E-state index contributed by atoms with van der Waals surface area (Å²) in [5.41, 5.74) is -0.472. The number of nitrogens with zero attached hydrogens (tertiary/aromatic N) is 5. The van der Waals surface area contributed by atoms with E-state index >= 15 is 0 Å². The van der Waals surface area contributed by atoms with E-state index in [1.807, 2.05) is 20.8 Å². The van der Waals surface area contributed by atoms with Crippen LogP contribution in [0.1, 0.15) is 26.7 Å². The molecule has 1 saturated heterocycles. The van der Waals surface area contributed by atoms with Gasteiger partial charge in [-0.25, -0.2) is 9.78 Å². The second kappa shape index (κ2) is 6.60. The molecule has 1 amide bonds. The molecule has 24 heavy (non-hydrogen) atoms. The Hall–Kier alpha value is -2.42. The Balaban J connectivity index is 1.50. The van der Waals surface area contributed by atoms with E-state index in [2.05, 4.69) is 25.0 Å². The third-order valence-corrected chi connectivity index (χ3v) is 3.56. The summed E-state index contributed by atoms with van der Waals surface area (Å²) in [6.45, 7) is 8.86. The normalized spacial score (nSPS) is 16.4. The van der Waals surface area contributed by atoms with E-state index in [-0.39, 0.29) is 6.09 Å². The molecule has 9 nitrogen and oxygen atoms in total. The van der Waals surface area contributed by atoms with Gasteiger partial charge in [0.05, 0.1) is 6.54 Å².